The minimum atomic E-state index is -0.926. The van der Waals surface area contributed by atoms with Crippen molar-refractivity contribution in [3.05, 3.63) is 54.1 Å². The standard InChI is InChI=1S/C20H20N6O3/c27-19(28)13-3-4-17-14(8-13)9-15(24-17)10-29-11-16-2-1-7-25(16)18-5-6-21-20-22-12-23-26(18)20/h3-6,8-9,12,16,24H,1-2,7,10-11H2,(H,27,28)/t16-/m1/s1. The van der Waals surface area contributed by atoms with E-state index in [1.54, 1.807) is 28.9 Å². The van der Waals surface area contributed by atoms with E-state index in [-0.39, 0.29) is 11.6 Å². The van der Waals surface area contributed by atoms with Crippen LogP contribution in [0.3, 0.4) is 0 Å². The number of rotatable bonds is 6. The van der Waals surface area contributed by atoms with Crippen molar-refractivity contribution in [2.45, 2.75) is 25.5 Å². The van der Waals surface area contributed by atoms with Crippen LogP contribution in [0.4, 0.5) is 5.82 Å². The van der Waals surface area contributed by atoms with Gasteiger partial charge in [-0.25, -0.2) is 9.78 Å². The second-order valence-electron chi connectivity index (χ2n) is 7.18. The number of anilines is 1. The molecule has 0 unspecified atom stereocenters. The number of ether oxygens (including phenoxy) is 1. The Morgan fingerprint density at radius 3 is 3.10 bits per heavy atom. The van der Waals surface area contributed by atoms with E-state index in [4.69, 9.17) is 9.84 Å². The number of nitrogens with zero attached hydrogens (tertiary/aromatic N) is 5. The number of hydrogen-bond donors (Lipinski definition) is 2. The average molecular weight is 392 g/mol. The van der Waals surface area contributed by atoms with Gasteiger partial charge in [-0.15, -0.1) is 0 Å². The summed E-state index contributed by atoms with van der Waals surface area (Å²) < 4.78 is 7.77. The summed E-state index contributed by atoms with van der Waals surface area (Å²) in [6.07, 6.45) is 5.41. The van der Waals surface area contributed by atoms with Crippen molar-refractivity contribution in [3.63, 3.8) is 0 Å². The molecule has 0 saturated carbocycles. The predicted octanol–water partition coefficient (Wildman–Crippen LogP) is 2.49. The molecule has 0 aliphatic carbocycles. The lowest BCUT2D eigenvalue weighted by Crippen LogP contribution is -2.34. The maximum Gasteiger partial charge on any atom is 0.335 e. The van der Waals surface area contributed by atoms with Gasteiger partial charge in [0.15, 0.2) is 0 Å². The van der Waals surface area contributed by atoms with Gasteiger partial charge in [-0.3, -0.25) is 0 Å². The van der Waals surface area contributed by atoms with Gasteiger partial charge >= 0.3 is 5.97 Å². The van der Waals surface area contributed by atoms with Crippen LogP contribution in [-0.2, 0) is 11.3 Å². The second-order valence-corrected chi connectivity index (χ2v) is 7.18. The van der Waals surface area contributed by atoms with Gasteiger partial charge in [0, 0.05) is 29.3 Å². The number of carboxylic acid groups (broad SMARTS) is 1. The van der Waals surface area contributed by atoms with Gasteiger partial charge in [-0.05, 0) is 43.2 Å². The summed E-state index contributed by atoms with van der Waals surface area (Å²) in [6.45, 7) is 1.97. The van der Waals surface area contributed by atoms with Crippen LogP contribution in [0.15, 0.2) is 42.9 Å². The maximum atomic E-state index is 11.1. The lowest BCUT2D eigenvalue weighted by atomic mass is 10.1. The van der Waals surface area contributed by atoms with Crippen LogP contribution in [-0.4, -0.2) is 54.8 Å². The Bertz CT molecular complexity index is 1180. The zero-order valence-electron chi connectivity index (χ0n) is 15.7. The number of aromatic carboxylic acids is 1. The lowest BCUT2D eigenvalue weighted by Gasteiger charge is -2.26. The van der Waals surface area contributed by atoms with Crippen LogP contribution in [0.1, 0.15) is 28.9 Å². The third-order valence-electron chi connectivity index (χ3n) is 5.32. The van der Waals surface area contributed by atoms with Crippen LogP contribution in [0, 0.1) is 0 Å². The van der Waals surface area contributed by atoms with Crippen LogP contribution in [0.2, 0.25) is 0 Å². The SMILES string of the molecule is O=C(O)c1ccc2[nH]c(COC[C@H]3CCCN3c3ccnc4ncnn34)cc2c1. The molecule has 1 fully saturated rings. The van der Waals surface area contributed by atoms with Crippen LogP contribution >= 0.6 is 0 Å². The van der Waals surface area contributed by atoms with Crippen molar-refractivity contribution >= 4 is 28.5 Å². The van der Waals surface area contributed by atoms with Crippen LogP contribution in [0.25, 0.3) is 16.7 Å². The van der Waals surface area contributed by atoms with E-state index in [0.717, 1.165) is 41.8 Å². The van der Waals surface area contributed by atoms with Crippen molar-refractivity contribution in [2.75, 3.05) is 18.1 Å². The monoisotopic (exact) mass is 392 g/mol. The summed E-state index contributed by atoms with van der Waals surface area (Å²) in [5, 5.41) is 14.3. The molecule has 1 saturated heterocycles. The fraction of sp³-hybridized carbons (Fsp3) is 0.300. The van der Waals surface area contributed by atoms with E-state index in [1.807, 2.05) is 12.1 Å². The summed E-state index contributed by atoms with van der Waals surface area (Å²) in [6, 6.07) is 9.21. The van der Waals surface area contributed by atoms with Crippen LogP contribution < -0.4 is 4.90 Å². The van der Waals surface area contributed by atoms with E-state index >= 15 is 0 Å². The summed E-state index contributed by atoms with van der Waals surface area (Å²) in [5.74, 6) is 0.642. The van der Waals surface area contributed by atoms with Crippen molar-refractivity contribution in [2.24, 2.45) is 0 Å². The summed E-state index contributed by atoms with van der Waals surface area (Å²) in [4.78, 5) is 25.1. The predicted molar refractivity (Wildman–Crippen MR) is 106 cm³/mol. The topological polar surface area (TPSA) is 109 Å². The first-order valence-electron chi connectivity index (χ1n) is 9.53. The minimum absolute atomic E-state index is 0.257. The molecule has 5 rings (SSSR count). The Morgan fingerprint density at radius 2 is 2.21 bits per heavy atom. The number of carboxylic acids is 1. The third kappa shape index (κ3) is 3.29. The molecule has 148 valence electrons. The molecule has 1 aromatic carbocycles. The highest BCUT2D eigenvalue weighted by atomic mass is 16.5. The molecule has 4 heterocycles. The number of benzene rings is 1. The quantitative estimate of drug-likeness (QED) is 0.519. The maximum absolute atomic E-state index is 11.1. The number of nitrogens with one attached hydrogen (secondary N) is 1. The number of fused-ring (bicyclic) bond motifs is 2. The van der Waals surface area contributed by atoms with Crippen molar-refractivity contribution in [3.8, 4) is 0 Å². The third-order valence-corrected chi connectivity index (χ3v) is 5.32. The van der Waals surface area contributed by atoms with Gasteiger partial charge in [0.05, 0.1) is 24.8 Å². The molecular formula is C20H20N6O3. The molecule has 0 bridgehead atoms. The highest BCUT2D eigenvalue weighted by molar-refractivity contribution is 5.93. The Kier molecular flexibility index (Phi) is 4.36. The second kappa shape index (κ2) is 7.17. The summed E-state index contributed by atoms with van der Waals surface area (Å²) in [7, 11) is 0. The van der Waals surface area contributed by atoms with E-state index < -0.39 is 5.97 Å². The highest BCUT2D eigenvalue weighted by Crippen LogP contribution is 2.26. The first kappa shape index (κ1) is 17.6. The van der Waals surface area contributed by atoms with Gasteiger partial charge in [0.2, 0.25) is 0 Å². The molecule has 3 aromatic heterocycles. The Morgan fingerprint density at radius 1 is 1.28 bits per heavy atom. The fourth-order valence-electron chi connectivity index (χ4n) is 3.96. The van der Waals surface area contributed by atoms with E-state index in [2.05, 4.69) is 25.0 Å². The molecular weight excluding hydrogens is 372 g/mol. The largest absolute Gasteiger partial charge is 0.478 e. The molecule has 4 aromatic rings. The molecule has 0 radical (unpaired) electrons. The zero-order valence-corrected chi connectivity index (χ0v) is 15.7. The molecule has 1 aliphatic heterocycles. The normalized spacial score (nSPS) is 16.8. The van der Waals surface area contributed by atoms with Crippen molar-refractivity contribution < 1.29 is 14.6 Å². The number of carbonyl (C=O) groups is 1. The minimum Gasteiger partial charge on any atom is -0.478 e. The highest BCUT2D eigenvalue weighted by Gasteiger charge is 2.27. The van der Waals surface area contributed by atoms with Crippen molar-refractivity contribution in [1.29, 1.82) is 0 Å². The first-order chi connectivity index (χ1) is 14.2. The smallest absolute Gasteiger partial charge is 0.335 e. The van der Waals surface area contributed by atoms with E-state index in [9.17, 15) is 4.79 Å². The van der Waals surface area contributed by atoms with E-state index in [1.165, 1.54) is 6.33 Å². The molecule has 0 amide bonds. The van der Waals surface area contributed by atoms with Crippen LogP contribution in [0.5, 0.6) is 0 Å². The van der Waals surface area contributed by atoms with E-state index in [0.29, 0.717) is 19.0 Å². The number of H-pyrrole nitrogens is 1. The number of aromatic nitrogens is 5. The average Bonchev–Trinajstić information content (AvgIpc) is 3.45. The number of hydrogen-bond acceptors (Lipinski definition) is 6. The summed E-state index contributed by atoms with van der Waals surface area (Å²) >= 11 is 0. The Labute approximate surface area is 166 Å². The molecule has 1 atom stereocenters. The molecule has 0 spiro atoms. The van der Waals surface area contributed by atoms with Gasteiger partial charge in [0.25, 0.3) is 5.78 Å². The molecule has 1 aliphatic rings. The molecule has 2 N–H and O–H groups in total. The Balaban J connectivity index is 1.27. The molecule has 9 heteroatoms. The van der Waals surface area contributed by atoms with Gasteiger partial charge in [-0.1, -0.05) is 0 Å². The summed E-state index contributed by atoms with van der Waals surface area (Å²) in [5.41, 5.74) is 2.11. The zero-order chi connectivity index (χ0) is 19.8. The van der Waals surface area contributed by atoms with Gasteiger partial charge in [-0.2, -0.15) is 14.6 Å². The van der Waals surface area contributed by atoms with Crippen molar-refractivity contribution in [1.82, 2.24) is 24.6 Å². The Hall–Kier alpha value is -3.46. The molecule has 29 heavy (non-hydrogen) atoms. The molecule has 9 nitrogen and oxygen atoms in total. The number of aromatic amines is 1. The fourth-order valence-corrected chi connectivity index (χ4v) is 3.96. The lowest BCUT2D eigenvalue weighted by molar-refractivity contribution is 0.0697. The van der Waals surface area contributed by atoms with Gasteiger partial charge < -0.3 is 19.7 Å². The van der Waals surface area contributed by atoms with Gasteiger partial charge in [0.1, 0.15) is 12.1 Å². The first-order valence-corrected chi connectivity index (χ1v) is 9.53.